The molecular formula is C17H18N2O. The zero-order valence-corrected chi connectivity index (χ0v) is 11.5. The molecule has 2 aromatic carbocycles. The molecule has 2 atom stereocenters. The number of amidine groups is 1. The molecule has 0 radical (unpaired) electrons. The van der Waals surface area contributed by atoms with Crippen LogP contribution in [0.5, 0.6) is 0 Å². The summed E-state index contributed by atoms with van der Waals surface area (Å²) in [5, 5.41) is 13.6. The largest absolute Gasteiger partial charge is 0.371 e. The van der Waals surface area contributed by atoms with Gasteiger partial charge in [0.2, 0.25) is 0 Å². The molecule has 0 amide bonds. The Balaban J connectivity index is 1.99. The number of hydrogen-bond donors (Lipinski definition) is 2. The summed E-state index contributed by atoms with van der Waals surface area (Å²) in [5.74, 6) is 0.746. The van der Waals surface area contributed by atoms with Crippen molar-refractivity contribution < 1.29 is 5.11 Å². The second kappa shape index (κ2) is 5.10. The summed E-state index contributed by atoms with van der Waals surface area (Å²) >= 11 is 0. The highest BCUT2D eigenvalue weighted by Crippen LogP contribution is 2.30. The molecule has 1 aliphatic heterocycles. The van der Waals surface area contributed by atoms with Crippen molar-refractivity contribution in [1.29, 1.82) is 0 Å². The van der Waals surface area contributed by atoms with Gasteiger partial charge < -0.3 is 10.4 Å². The zero-order chi connectivity index (χ0) is 14.0. The second-order valence-electron chi connectivity index (χ2n) is 5.37. The fourth-order valence-corrected chi connectivity index (χ4v) is 2.53. The first-order valence-corrected chi connectivity index (χ1v) is 6.83. The first kappa shape index (κ1) is 12.9. The van der Waals surface area contributed by atoms with Crippen molar-refractivity contribution in [3.63, 3.8) is 0 Å². The number of rotatable bonds is 2. The van der Waals surface area contributed by atoms with Crippen molar-refractivity contribution in [2.24, 2.45) is 4.99 Å². The molecule has 1 heterocycles. The molecule has 0 aliphatic carbocycles. The van der Waals surface area contributed by atoms with E-state index < -0.39 is 5.72 Å². The number of nitrogens with zero attached hydrogens (tertiary/aromatic N) is 1. The summed E-state index contributed by atoms with van der Waals surface area (Å²) in [6.07, 6.45) is 0.563. The lowest BCUT2D eigenvalue weighted by Crippen LogP contribution is -2.50. The number of aliphatic imine (C=N–C) groups is 1. The van der Waals surface area contributed by atoms with Gasteiger partial charge in [-0.15, -0.1) is 0 Å². The predicted octanol–water partition coefficient (Wildman–Crippen LogP) is 2.88. The van der Waals surface area contributed by atoms with Gasteiger partial charge in [-0.25, -0.2) is 0 Å². The van der Waals surface area contributed by atoms with Crippen LogP contribution in [0.2, 0.25) is 0 Å². The van der Waals surface area contributed by atoms with Gasteiger partial charge in [0.25, 0.3) is 0 Å². The van der Waals surface area contributed by atoms with E-state index in [1.165, 1.54) is 0 Å². The third-order valence-corrected chi connectivity index (χ3v) is 3.50. The topological polar surface area (TPSA) is 44.6 Å². The summed E-state index contributed by atoms with van der Waals surface area (Å²) in [4.78, 5) is 4.76. The van der Waals surface area contributed by atoms with Gasteiger partial charge in [0.05, 0.1) is 6.04 Å². The quantitative estimate of drug-likeness (QED) is 0.878. The second-order valence-corrected chi connectivity index (χ2v) is 5.37. The minimum Gasteiger partial charge on any atom is -0.371 e. The van der Waals surface area contributed by atoms with Crippen LogP contribution in [-0.2, 0) is 0 Å². The molecule has 2 unspecified atom stereocenters. The van der Waals surface area contributed by atoms with Gasteiger partial charge in [-0.2, -0.15) is 0 Å². The van der Waals surface area contributed by atoms with Gasteiger partial charge in [-0.05, 0) is 12.5 Å². The molecule has 2 N–H and O–H groups in total. The van der Waals surface area contributed by atoms with Gasteiger partial charge in [0.1, 0.15) is 11.6 Å². The minimum absolute atomic E-state index is 0.0253. The Morgan fingerprint density at radius 3 is 2.30 bits per heavy atom. The van der Waals surface area contributed by atoms with E-state index in [1.807, 2.05) is 48.5 Å². The van der Waals surface area contributed by atoms with E-state index in [4.69, 9.17) is 4.99 Å². The number of aliphatic hydroxyl groups is 1. The zero-order valence-electron chi connectivity index (χ0n) is 11.5. The minimum atomic E-state index is -0.951. The Morgan fingerprint density at radius 1 is 1.05 bits per heavy atom. The molecule has 0 spiro atoms. The van der Waals surface area contributed by atoms with E-state index >= 15 is 0 Å². The molecule has 20 heavy (non-hydrogen) atoms. The summed E-state index contributed by atoms with van der Waals surface area (Å²) in [6, 6.07) is 20.0. The first-order valence-electron chi connectivity index (χ1n) is 6.83. The van der Waals surface area contributed by atoms with Crippen LogP contribution >= 0.6 is 0 Å². The highest BCUT2D eigenvalue weighted by Gasteiger charge is 2.32. The van der Waals surface area contributed by atoms with E-state index in [2.05, 4.69) is 17.4 Å². The average molecular weight is 266 g/mol. The summed E-state index contributed by atoms with van der Waals surface area (Å²) in [7, 11) is 0. The fraction of sp³-hybridized carbons (Fsp3) is 0.235. The maximum absolute atomic E-state index is 10.4. The molecule has 0 saturated carbocycles. The van der Waals surface area contributed by atoms with E-state index in [0.717, 1.165) is 17.0 Å². The maximum atomic E-state index is 10.4. The van der Waals surface area contributed by atoms with Crippen LogP contribution in [0, 0.1) is 0 Å². The molecule has 3 nitrogen and oxygen atoms in total. The normalized spacial score (nSPS) is 25.7. The number of hydrogen-bond acceptors (Lipinski definition) is 3. The Morgan fingerprint density at radius 2 is 1.65 bits per heavy atom. The molecule has 1 aliphatic rings. The Kier molecular flexibility index (Phi) is 3.28. The van der Waals surface area contributed by atoms with Crippen molar-refractivity contribution >= 4 is 5.84 Å². The maximum Gasteiger partial charge on any atom is 0.136 e. The highest BCUT2D eigenvalue weighted by atomic mass is 16.3. The van der Waals surface area contributed by atoms with Crippen LogP contribution in [0.25, 0.3) is 0 Å². The third kappa shape index (κ3) is 2.73. The Labute approximate surface area is 119 Å². The lowest BCUT2D eigenvalue weighted by molar-refractivity contribution is 0.0232. The van der Waals surface area contributed by atoms with Gasteiger partial charge in [-0.1, -0.05) is 60.7 Å². The molecular weight excluding hydrogens is 248 g/mol. The van der Waals surface area contributed by atoms with Crippen LogP contribution in [0.3, 0.4) is 0 Å². The Hall–Kier alpha value is -2.13. The molecule has 0 fully saturated rings. The van der Waals surface area contributed by atoms with Crippen LogP contribution < -0.4 is 5.32 Å². The van der Waals surface area contributed by atoms with Crippen molar-refractivity contribution in [3.8, 4) is 0 Å². The van der Waals surface area contributed by atoms with E-state index in [9.17, 15) is 5.11 Å². The monoisotopic (exact) mass is 266 g/mol. The lowest BCUT2D eigenvalue weighted by atomic mass is 9.95. The van der Waals surface area contributed by atoms with Crippen LogP contribution in [0.1, 0.15) is 30.5 Å². The molecule has 2 aromatic rings. The summed E-state index contributed by atoms with van der Waals surface area (Å²) in [6.45, 7) is 1.79. The number of benzene rings is 2. The molecule has 3 rings (SSSR count). The van der Waals surface area contributed by atoms with E-state index in [0.29, 0.717) is 6.42 Å². The van der Waals surface area contributed by atoms with Gasteiger partial charge in [0.15, 0.2) is 0 Å². The van der Waals surface area contributed by atoms with Crippen LogP contribution in [-0.4, -0.2) is 16.7 Å². The molecule has 102 valence electrons. The van der Waals surface area contributed by atoms with Crippen LogP contribution in [0.4, 0.5) is 0 Å². The predicted molar refractivity (Wildman–Crippen MR) is 80.5 cm³/mol. The van der Waals surface area contributed by atoms with E-state index in [1.54, 1.807) is 6.92 Å². The SMILES string of the molecule is CC1(O)CC(c2ccccc2)N=C(c2ccccc2)N1. The standard InChI is InChI=1S/C17H18N2O/c1-17(20)12-15(13-8-4-2-5-9-13)18-16(19-17)14-10-6-3-7-11-14/h2-11,15,20H,12H2,1H3,(H,18,19). The van der Waals surface area contributed by atoms with Crippen LogP contribution in [0.15, 0.2) is 65.7 Å². The Bertz CT molecular complexity index is 605. The fourth-order valence-electron chi connectivity index (χ4n) is 2.53. The third-order valence-electron chi connectivity index (χ3n) is 3.50. The van der Waals surface area contributed by atoms with Crippen molar-refractivity contribution in [2.75, 3.05) is 0 Å². The summed E-state index contributed by atoms with van der Waals surface area (Å²) < 4.78 is 0. The van der Waals surface area contributed by atoms with Gasteiger partial charge in [0, 0.05) is 12.0 Å². The average Bonchev–Trinajstić information content (AvgIpc) is 2.47. The smallest absolute Gasteiger partial charge is 0.136 e. The van der Waals surface area contributed by atoms with E-state index in [-0.39, 0.29) is 6.04 Å². The van der Waals surface area contributed by atoms with Gasteiger partial charge in [-0.3, -0.25) is 4.99 Å². The summed E-state index contributed by atoms with van der Waals surface area (Å²) in [5.41, 5.74) is 1.17. The lowest BCUT2D eigenvalue weighted by Gasteiger charge is -2.34. The van der Waals surface area contributed by atoms with Crippen molar-refractivity contribution in [2.45, 2.75) is 25.1 Å². The first-order chi connectivity index (χ1) is 9.64. The highest BCUT2D eigenvalue weighted by molar-refractivity contribution is 5.99. The van der Waals surface area contributed by atoms with Crippen molar-refractivity contribution in [3.05, 3.63) is 71.8 Å². The van der Waals surface area contributed by atoms with Crippen molar-refractivity contribution in [1.82, 2.24) is 5.32 Å². The molecule has 0 bridgehead atoms. The molecule has 0 aromatic heterocycles. The number of nitrogens with one attached hydrogen (secondary N) is 1. The van der Waals surface area contributed by atoms with Gasteiger partial charge >= 0.3 is 0 Å². The molecule has 3 heteroatoms. The molecule has 0 saturated heterocycles.